The largest absolute Gasteiger partial charge is 0.387 e. The standard InChI is InChI=1S/C19H28N4O2/c1-14(12-23-10-9-20-13-23)22-18(25)21-11-17(24)15-5-7-16(8-6-15)19(2,3)4/h5-10,13-14,17,24H,11-12H2,1-4H3,(H2,21,22,25). The lowest BCUT2D eigenvalue weighted by atomic mass is 9.86. The van der Waals surface area contributed by atoms with Gasteiger partial charge in [0, 0.05) is 31.5 Å². The zero-order chi connectivity index (χ0) is 18.4. The highest BCUT2D eigenvalue weighted by atomic mass is 16.3. The average Bonchev–Trinajstić information content (AvgIpc) is 3.04. The van der Waals surface area contributed by atoms with Crippen molar-refractivity contribution >= 4 is 6.03 Å². The Kier molecular flexibility index (Phi) is 6.20. The van der Waals surface area contributed by atoms with Gasteiger partial charge in [-0.05, 0) is 23.5 Å². The highest BCUT2D eigenvalue weighted by molar-refractivity contribution is 5.74. The molecular weight excluding hydrogens is 316 g/mol. The summed E-state index contributed by atoms with van der Waals surface area (Å²) in [5.41, 5.74) is 2.08. The van der Waals surface area contributed by atoms with E-state index in [0.29, 0.717) is 6.54 Å². The molecule has 6 heteroatoms. The van der Waals surface area contributed by atoms with E-state index in [-0.39, 0.29) is 24.0 Å². The first kappa shape index (κ1) is 19.0. The summed E-state index contributed by atoms with van der Waals surface area (Å²) in [5, 5.41) is 15.8. The molecule has 136 valence electrons. The van der Waals surface area contributed by atoms with Gasteiger partial charge in [0.05, 0.1) is 12.4 Å². The number of urea groups is 1. The molecule has 0 fully saturated rings. The van der Waals surface area contributed by atoms with Gasteiger partial charge in [-0.15, -0.1) is 0 Å². The summed E-state index contributed by atoms with van der Waals surface area (Å²) in [6.45, 7) is 9.17. The smallest absolute Gasteiger partial charge is 0.315 e. The molecule has 0 bridgehead atoms. The zero-order valence-corrected chi connectivity index (χ0v) is 15.4. The molecule has 1 heterocycles. The summed E-state index contributed by atoms with van der Waals surface area (Å²) < 4.78 is 1.90. The van der Waals surface area contributed by atoms with E-state index in [1.165, 1.54) is 5.56 Å². The maximum absolute atomic E-state index is 11.9. The van der Waals surface area contributed by atoms with Crippen molar-refractivity contribution in [3.8, 4) is 0 Å². The number of aliphatic hydroxyl groups is 1. The van der Waals surface area contributed by atoms with E-state index in [0.717, 1.165) is 5.56 Å². The number of hydrogen-bond donors (Lipinski definition) is 3. The van der Waals surface area contributed by atoms with Crippen molar-refractivity contribution in [1.82, 2.24) is 20.2 Å². The number of nitrogens with one attached hydrogen (secondary N) is 2. The fraction of sp³-hybridized carbons (Fsp3) is 0.474. The van der Waals surface area contributed by atoms with E-state index in [2.05, 4.69) is 36.4 Å². The number of imidazole rings is 1. The van der Waals surface area contributed by atoms with Crippen LogP contribution in [-0.4, -0.2) is 33.3 Å². The molecule has 25 heavy (non-hydrogen) atoms. The van der Waals surface area contributed by atoms with Gasteiger partial charge in [0.1, 0.15) is 0 Å². The number of hydrogen-bond acceptors (Lipinski definition) is 3. The Morgan fingerprint density at radius 3 is 2.52 bits per heavy atom. The molecule has 2 unspecified atom stereocenters. The second-order valence-corrected chi connectivity index (χ2v) is 7.40. The van der Waals surface area contributed by atoms with Crippen LogP contribution in [0.15, 0.2) is 43.0 Å². The molecule has 2 atom stereocenters. The summed E-state index contributed by atoms with van der Waals surface area (Å²) in [6, 6.07) is 7.52. The molecule has 1 aromatic carbocycles. The maximum atomic E-state index is 11.9. The topological polar surface area (TPSA) is 79.2 Å². The van der Waals surface area contributed by atoms with Gasteiger partial charge in [-0.2, -0.15) is 0 Å². The van der Waals surface area contributed by atoms with Crippen LogP contribution in [-0.2, 0) is 12.0 Å². The summed E-state index contributed by atoms with van der Waals surface area (Å²) in [5.74, 6) is 0. The quantitative estimate of drug-likeness (QED) is 0.754. The van der Waals surface area contributed by atoms with Crippen LogP contribution in [0.2, 0.25) is 0 Å². The van der Waals surface area contributed by atoms with Crippen molar-refractivity contribution in [1.29, 1.82) is 0 Å². The molecule has 0 aliphatic heterocycles. The number of nitrogens with zero attached hydrogens (tertiary/aromatic N) is 2. The van der Waals surface area contributed by atoms with Crippen molar-refractivity contribution < 1.29 is 9.90 Å². The van der Waals surface area contributed by atoms with Gasteiger partial charge in [0.25, 0.3) is 0 Å². The van der Waals surface area contributed by atoms with Crippen LogP contribution >= 0.6 is 0 Å². The third-order valence-corrected chi connectivity index (χ3v) is 4.04. The van der Waals surface area contributed by atoms with Gasteiger partial charge in [0.2, 0.25) is 0 Å². The van der Waals surface area contributed by atoms with E-state index in [1.807, 2.05) is 42.0 Å². The lowest BCUT2D eigenvalue weighted by Gasteiger charge is -2.20. The molecule has 0 saturated carbocycles. The Hall–Kier alpha value is -2.34. The van der Waals surface area contributed by atoms with Crippen LogP contribution in [0.5, 0.6) is 0 Å². The predicted octanol–water partition coefficient (Wildman–Crippen LogP) is 2.60. The van der Waals surface area contributed by atoms with Crippen molar-refractivity contribution in [3.63, 3.8) is 0 Å². The van der Waals surface area contributed by atoms with Crippen molar-refractivity contribution in [2.75, 3.05) is 6.54 Å². The molecule has 3 N–H and O–H groups in total. The minimum absolute atomic E-state index is 0.0441. The number of benzene rings is 1. The lowest BCUT2D eigenvalue weighted by molar-refractivity contribution is 0.172. The average molecular weight is 344 g/mol. The highest BCUT2D eigenvalue weighted by Crippen LogP contribution is 2.23. The van der Waals surface area contributed by atoms with E-state index in [9.17, 15) is 9.90 Å². The van der Waals surface area contributed by atoms with Gasteiger partial charge < -0.3 is 20.3 Å². The number of amides is 2. The molecule has 6 nitrogen and oxygen atoms in total. The molecule has 0 saturated heterocycles. The van der Waals surface area contributed by atoms with Crippen LogP contribution in [0, 0.1) is 0 Å². The van der Waals surface area contributed by atoms with Gasteiger partial charge >= 0.3 is 6.03 Å². The second kappa shape index (κ2) is 8.16. The van der Waals surface area contributed by atoms with E-state index in [1.54, 1.807) is 12.5 Å². The van der Waals surface area contributed by atoms with E-state index >= 15 is 0 Å². The Labute approximate surface area is 149 Å². The highest BCUT2D eigenvalue weighted by Gasteiger charge is 2.15. The Bertz CT molecular complexity index is 660. The first-order valence-corrected chi connectivity index (χ1v) is 8.54. The van der Waals surface area contributed by atoms with Gasteiger partial charge in [-0.1, -0.05) is 45.0 Å². The zero-order valence-electron chi connectivity index (χ0n) is 15.4. The van der Waals surface area contributed by atoms with Gasteiger partial charge in [-0.3, -0.25) is 0 Å². The molecular formula is C19H28N4O2. The fourth-order valence-electron chi connectivity index (χ4n) is 2.54. The first-order chi connectivity index (χ1) is 11.8. The number of rotatable bonds is 6. The van der Waals surface area contributed by atoms with Gasteiger partial charge in [-0.25, -0.2) is 9.78 Å². The summed E-state index contributed by atoms with van der Waals surface area (Å²) >= 11 is 0. The predicted molar refractivity (Wildman–Crippen MR) is 98.3 cm³/mol. The molecule has 2 aromatic rings. The Morgan fingerprint density at radius 1 is 1.28 bits per heavy atom. The molecule has 0 radical (unpaired) electrons. The summed E-state index contributed by atoms with van der Waals surface area (Å²) in [6.07, 6.45) is 4.53. The third-order valence-electron chi connectivity index (χ3n) is 4.04. The minimum Gasteiger partial charge on any atom is -0.387 e. The molecule has 2 rings (SSSR count). The fourth-order valence-corrected chi connectivity index (χ4v) is 2.54. The van der Waals surface area contributed by atoms with Crippen molar-refractivity contribution in [2.45, 2.75) is 51.8 Å². The number of carbonyl (C=O) groups is 1. The lowest BCUT2D eigenvalue weighted by Crippen LogP contribution is -2.43. The van der Waals surface area contributed by atoms with E-state index < -0.39 is 6.10 Å². The van der Waals surface area contributed by atoms with Crippen LogP contribution < -0.4 is 10.6 Å². The van der Waals surface area contributed by atoms with Crippen LogP contribution in [0.3, 0.4) is 0 Å². The first-order valence-electron chi connectivity index (χ1n) is 8.54. The monoisotopic (exact) mass is 344 g/mol. The SMILES string of the molecule is CC(Cn1ccnc1)NC(=O)NCC(O)c1ccc(C(C)(C)C)cc1. The minimum atomic E-state index is -0.733. The number of aliphatic hydroxyl groups excluding tert-OH is 1. The van der Waals surface area contributed by atoms with Crippen LogP contribution in [0.25, 0.3) is 0 Å². The van der Waals surface area contributed by atoms with Crippen molar-refractivity contribution in [3.05, 3.63) is 54.1 Å². The molecule has 0 aliphatic rings. The van der Waals surface area contributed by atoms with Crippen LogP contribution in [0.4, 0.5) is 4.79 Å². The Balaban J connectivity index is 1.78. The normalized spacial score (nSPS) is 14.0. The maximum Gasteiger partial charge on any atom is 0.315 e. The second-order valence-electron chi connectivity index (χ2n) is 7.40. The summed E-state index contributed by atoms with van der Waals surface area (Å²) in [4.78, 5) is 15.9. The number of carbonyl (C=O) groups excluding carboxylic acids is 1. The molecule has 2 amide bonds. The Morgan fingerprint density at radius 2 is 1.96 bits per heavy atom. The summed E-state index contributed by atoms with van der Waals surface area (Å²) in [7, 11) is 0. The van der Waals surface area contributed by atoms with E-state index in [4.69, 9.17) is 0 Å². The molecule has 0 aliphatic carbocycles. The molecule has 1 aromatic heterocycles. The van der Waals surface area contributed by atoms with Crippen LogP contribution in [0.1, 0.15) is 44.9 Å². The van der Waals surface area contributed by atoms with Gasteiger partial charge in [0.15, 0.2) is 0 Å². The number of aromatic nitrogens is 2. The van der Waals surface area contributed by atoms with Crippen molar-refractivity contribution in [2.24, 2.45) is 0 Å². The third kappa shape index (κ3) is 5.90. The molecule has 0 spiro atoms.